The molecule has 0 radical (unpaired) electrons. The van der Waals surface area contributed by atoms with E-state index in [9.17, 15) is 14.4 Å². The van der Waals surface area contributed by atoms with Gasteiger partial charge in [0.15, 0.2) is 0 Å². The number of halogens is 1. The average Bonchev–Trinajstić information content (AvgIpc) is 3.02. The second-order valence-electron chi connectivity index (χ2n) is 12.3. The molecular weight excluding hydrogens is 580 g/mol. The monoisotopic (exact) mass is 618 g/mol. The lowest BCUT2D eigenvalue weighted by Gasteiger charge is -2.37. The number of likely N-dealkylation sites (tertiary alicyclic amines) is 1. The summed E-state index contributed by atoms with van der Waals surface area (Å²) >= 11 is 6.31. The predicted molar refractivity (Wildman–Crippen MR) is 170 cm³/mol. The summed E-state index contributed by atoms with van der Waals surface area (Å²) < 4.78 is 1.24. The van der Waals surface area contributed by atoms with Gasteiger partial charge in [-0.1, -0.05) is 35.9 Å². The minimum atomic E-state index is -0.301. The number of benzene rings is 1. The summed E-state index contributed by atoms with van der Waals surface area (Å²) in [6.45, 7) is 6.30. The number of rotatable bonds is 7. The number of piperidine rings is 2. The van der Waals surface area contributed by atoms with Crippen LogP contribution in [0.15, 0.2) is 53.6 Å². The van der Waals surface area contributed by atoms with Crippen LogP contribution in [0.2, 0.25) is 5.02 Å². The number of nitrogens with one attached hydrogen (secondary N) is 2. The van der Waals surface area contributed by atoms with Gasteiger partial charge in [0.05, 0.1) is 17.8 Å². The molecule has 3 aliphatic heterocycles. The van der Waals surface area contributed by atoms with E-state index in [-0.39, 0.29) is 34.4 Å². The van der Waals surface area contributed by atoms with Crippen molar-refractivity contribution >= 4 is 34.9 Å². The molecule has 1 unspecified atom stereocenters. The maximum absolute atomic E-state index is 12.4. The van der Waals surface area contributed by atoms with E-state index in [2.05, 4.69) is 66.7 Å². The van der Waals surface area contributed by atoms with Gasteiger partial charge in [-0.15, -0.1) is 0 Å². The van der Waals surface area contributed by atoms with Crippen LogP contribution in [0.5, 0.6) is 0 Å². The third-order valence-corrected chi connectivity index (χ3v) is 9.40. The Morgan fingerprint density at radius 3 is 2.52 bits per heavy atom. The quantitative estimate of drug-likeness (QED) is 0.386. The zero-order chi connectivity index (χ0) is 30.8. The van der Waals surface area contributed by atoms with Crippen LogP contribution in [0.25, 0.3) is 0 Å². The molecule has 11 nitrogen and oxygen atoms in total. The molecule has 2 N–H and O–H groups in total. The molecule has 6 rings (SSSR count). The lowest BCUT2D eigenvalue weighted by molar-refractivity contribution is -0.134. The Morgan fingerprint density at radius 2 is 1.77 bits per heavy atom. The van der Waals surface area contributed by atoms with Gasteiger partial charge in [0.2, 0.25) is 11.8 Å². The number of amides is 2. The van der Waals surface area contributed by atoms with E-state index in [1.165, 1.54) is 15.8 Å². The molecule has 0 spiro atoms. The number of aromatic nitrogens is 3. The van der Waals surface area contributed by atoms with Crippen LogP contribution in [0.4, 0.5) is 11.5 Å². The first-order chi connectivity index (χ1) is 21.2. The summed E-state index contributed by atoms with van der Waals surface area (Å²) in [5.41, 5.74) is 3.80. The van der Waals surface area contributed by atoms with Gasteiger partial charge >= 0.3 is 0 Å². The number of imide groups is 1. The zero-order valence-electron chi connectivity index (χ0n) is 25.2. The molecule has 0 bridgehead atoms. The van der Waals surface area contributed by atoms with Gasteiger partial charge < -0.3 is 15.1 Å². The van der Waals surface area contributed by atoms with Crippen molar-refractivity contribution in [3.8, 4) is 0 Å². The van der Waals surface area contributed by atoms with Crippen molar-refractivity contribution in [3.63, 3.8) is 0 Å². The molecular formula is C32H39ClN8O3. The number of likely N-dealkylation sites (N-methyl/N-ethyl adjacent to an activating group) is 1. The van der Waals surface area contributed by atoms with E-state index >= 15 is 0 Å². The van der Waals surface area contributed by atoms with Crippen LogP contribution in [0, 0.1) is 0 Å². The van der Waals surface area contributed by atoms with E-state index in [1.54, 1.807) is 19.4 Å². The van der Waals surface area contributed by atoms with Crippen LogP contribution >= 0.6 is 11.6 Å². The Morgan fingerprint density at radius 1 is 1.00 bits per heavy atom. The Hall–Kier alpha value is -3.80. The summed E-state index contributed by atoms with van der Waals surface area (Å²) in [4.78, 5) is 47.7. The normalized spacial score (nSPS) is 23.4. The molecule has 2 amide bonds. The highest BCUT2D eigenvalue weighted by atomic mass is 35.5. The molecule has 232 valence electrons. The summed E-state index contributed by atoms with van der Waals surface area (Å²) in [6, 6.07) is 13.0. The van der Waals surface area contributed by atoms with Crippen molar-refractivity contribution in [2.75, 3.05) is 56.5 Å². The fourth-order valence-corrected chi connectivity index (χ4v) is 6.85. The topological polar surface area (TPSA) is 116 Å². The van der Waals surface area contributed by atoms with Gasteiger partial charge in [0, 0.05) is 71.5 Å². The Bertz CT molecular complexity index is 1570. The number of nitrogens with zero attached hydrogens (tertiary/aromatic N) is 6. The van der Waals surface area contributed by atoms with Crippen molar-refractivity contribution in [3.05, 3.63) is 80.9 Å². The predicted octanol–water partition coefficient (Wildman–Crippen LogP) is 2.57. The van der Waals surface area contributed by atoms with Crippen molar-refractivity contribution < 1.29 is 9.59 Å². The smallest absolute Gasteiger partial charge is 0.287 e. The van der Waals surface area contributed by atoms with Crippen LogP contribution in [0.3, 0.4) is 0 Å². The van der Waals surface area contributed by atoms with Crippen molar-refractivity contribution in [1.82, 2.24) is 29.9 Å². The number of carbonyl (C=O) groups excluding carboxylic acids is 2. The van der Waals surface area contributed by atoms with E-state index in [0.717, 1.165) is 63.6 Å². The molecule has 1 aromatic carbocycles. The standard InChI is InChI=1S/C32H39ClN8O3/c1-38-19-24(15-25(20-38)36-27-17-35-39(2)32(44)30(27)33)22-5-3-21(4-6-22)18-40-11-13-41(14-12-40)28-16-23(9-10-34-28)26-7-8-29(42)37-31(26)43/h3-6,9-10,16-17,24-26,36H,7-8,11-15,18-20H2,1-2H3,(H,37,42,43)/t24-,25+,26?/m1/s1. The second-order valence-corrected chi connectivity index (χ2v) is 12.6. The SMILES string of the molecule is CN1C[C@@H](Nc2cnn(C)c(=O)c2Cl)C[C@@H](c2ccc(CN3CCN(c4cc(C5CCC(=O)NC5=O)ccn4)CC3)cc2)C1. The van der Waals surface area contributed by atoms with Gasteiger partial charge in [-0.05, 0) is 54.6 Å². The zero-order valence-corrected chi connectivity index (χ0v) is 26.0. The molecule has 44 heavy (non-hydrogen) atoms. The van der Waals surface area contributed by atoms with E-state index in [0.29, 0.717) is 24.4 Å². The first-order valence-electron chi connectivity index (χ1n) is 15.3. The molecule has 3 saturated heterocycles. The number of hydrogen-bond donors (Lipinski definition) is 2. The number of pyridine rings is 1. The molecule has 3 aromatic rings. The highest BCUT2D eigenvalue weighted by molar-refractivity contribution is 6.32. The van der Waals surface area contributed by atoms with Crippen LogP contribution < -0.4 is 21.1 Å². The lowest BCUT2D eigenvalue weighted by Crippen LogP contribution is -2.46. The molecule has 5 heterocycles. The average molecular weight is 619 g/mol. The van der Waals surface area contributed by atoms with E-state index in [1.807, 2.05) is 12.1 Å². The van der Waals surface area contributed by atoms with Crippen LogP contribution in [-0.4, -0.2) is 88.7 Å². The van der Waals surface area contributed by atoms with Crippen molar-refractivity contribution in [2.24, 2.45) is 7.05 Å². The number of anilines is 2. The van der Waals surface area contributed by atoms with Gasteiger partial charge in [-0.3, -0.25) is 24.6 Å². The number of hydrogen-bond acceptors (Lipinski definition) is 9. The van der Waals surface area contributed by atoms with Crippen molar-refractivity contribution in [2.45, 2.75) is 43.7 Å². The van der Waals surface area contributed by atoms with Crippen LogP contribution in [-0.2, 0) is 23.2 Å². The number of aryl methyl sites for hydroxylation is 1. The second kappa shape index (κ2) is 13.1. The van der Waals surface area contributed by atoms with Gasteiger partial charge in [-0.25, -0.2) is 9.67 Å². The van der Waals surface area contributed by atoms with Gasteiger partial charge in [0.1, 0.15) is 10.8 Å². The minimum Gasteiger partial charge on any atom is -0.378 e. The molecule has 2 aromatic heterocycles. The minimum absolute atomic E-state index is 0.153. The fraction of sp³-hybridized carbons (Fsp3) is 0.469. The van der Waals surface area contributed by atoms with Gasteiger partial charge in [0.25, 0.3) is 5.56 Å². The van der Waals surface area contributed by atoms with Crippen LogP contribution in [0.1, 0.15) is 47.8 Å². The summed E-state index contributed by atoms with van der Waals surface area (Å²) in [5.74, 6) is 0.533. The molecule has 0 aliphatic carbocycles. The van der Waals surface area contributed by atoms with Gasteiger partial charge in [-0.2, -0.15) is 5.10 Å². The summed E-state index contributed by atoms with van der Waals surface area (Å²) in [7, 11) is 3.72. The Kier molecular flexibility index (Phi) is 8.97. The summed E-state index contributed by atoms with van der Waals surface area (Å²) in [5, 5.41) is 10.2. The summed E-state index contributed by atoms with van der Waals surface area (Å²) in [6.07, 6.45) is 5.24. The van der Waals surface area contributed by atoms with E-state index in [4.69, 9.17) is 11.6 Å². The maximum Gasteiger partial charge on any atom is 0.287 e. The largest absolute Gasteiger partial charge is 0.378 e. The van der Waals surface area contributed by atoms with E-state index < -0.39 is 0 Å². The third-order valence-electron chi connectivity index (χ3n) is 9.04. The lowest BCUT2D eigenvalue weighted by atomic mass is 9.87. The Balaban J connectivity index is 1.02. The first kappa shape index (κ1) is 30.2. The molecule has 3 fully saturated rings. The number of piperazine rings is 1. The molecule has 3 atom stereocenters. The first-order valence-corrected chi connectivity index (χ1v) is 15.6. The Labute approximate surface area is 262 Å². The molecule has 0 saturated carbocycles. The molecule has 12 heteroatoms. The van der Waals surface area contributed by atoms with Crippen molar-refractivity contribution in [1.29, 1.82) is 0 Å². The molecule has 3 aliphatic rings. The fourth-order valence-electron chi connectivity index (χ4n) is 6.62. The third kappa shape index (κ3) is 6.80. The highest BCUT2D eigenvalue weighted by Crippen LogP contribution is 2.30. The maximum atomic E-state index is 12.4. The number of carbonyl (C=O) groups is 2. The highest BCUT2D eigenvalue weighted by Gasteiger charge is 2.30.